The molecule has 2 aliphatic heterocycles. The molecule has 0 aliphatic carbocycles. The number of aromatic nitrogens is 5. The van der Waals surface area contributed by atoms with E-state index >= 15 is 0 Å². The zero-order chi connectivity index (χ0) is 36.1. The van der Waals surface area contributed by atoms with E-state index in [2.05, 4.69) is 49.4 Å². The number of rotatable bonds is 12. The summed E-state index contributed by atoms with van der Waals surface area (Å²) in [6.45, 7) is 8.40. The van der Waals surface area contributed by atoms with Gasteiger partial charge < -0.3 is 29.7 Å². The van der Waals surface area contributed by atoms with Crippen molar-refractivity contribution in [1.82, 2.24) is 24.5 Å². The second kappa shape index (κ2) is 15.4. The van der Waals surface area contributed by atoms with Gasteiger partial charge in [0, 0.05) is 67.7 Å². The second-order valence-electron chi connectivity index (χ2n) is 13.3. The van der Waals surface area contributed by atoms with Crippen LogP contribution in [-0.4, -0.2) is 75.9 Å². The first kappa shape index (κ1) is 34.9. The standard InChI is InChI=1S/C39H44N8O5/c1-3-28(2)47-38(49)46(27-43-47)34-10-8-32(9-11-34)44-19-21-45(22-20-44)33-12-14-35(15-13-33)50-26-36-17-23-51-39(52-36,24-29-16-18-41-42-25-29)31-6-4-30(5-7-31)37(40)48/h4-16,18,25,27-28,36H,3,17,19-24,26H2,1-2H3,(H2,40,48)/t28?,36-,39+/m1/s1. The van der Waals surface area contributed by atoms with E-state index in [1.807, 2.05) is 56.3 Å². The minimum atomic E-state index is -1.09. The Morgan fingerprint density at radius 1 is 0.923 bits per heavy atom. The Labute approximate surface area is 302 Å². The van der Waals surface area contributed by atoms with E-state index in [0.717, 1.165) is 66.5 Å². The fourth-order valence-electron chi connectivity index (χ4n) is 6.72. The monoisotopic (exact) mass is 704 g/mol. The van der Waals surface area contributed by atoms with Crippen LogP contribution in [0.3, 0.4) is 0 Å². The average molecular weight is 705 g/mol. The summed E-state index contributed by atoms with van der Waals surface area (Å²) in [7, 11) is 0. The van der Waals surface area contributed by atoms with Gasteiger partial charge in [-0.15, -0.1) is 0 Å². The summed E-state index contributed by atoms with van der Waals surface area (Å²) in [5, 5.41) is 12.2. The Hall–Kier alpha value is -5.53. The molecule has 13 heteroatoms. The predicted octanol–water partition coefficient (Wildman–Crippen LogP) is 4.50. The van der Waals surface area contributed by atoms with Crippen LogP contribution in [0.5, 0.6) is 5.75 Å². The van der Waals surface area contributed by atoms with Crippen molar-refractivity contribution in [1.29, 1.82) is 0 Å². The Bertz CT molecular complexity index is 1990. The largest absolute Gasteiger partial charge is 0.491 e. The maximum Gasteiger partial charge on any atom is 0.350 e. The third-order valence-electron chi connectivity index (χ3n) is 9.94. The number of carbonyl (C=O) groups is 1. The fraction of sp³-hybridized carbons (Fsp3) is 0.359. The number of nitrogens with two attached hydrogens (primary N) is 1. The molecule has 2 N–H and O–H groups in total. The molecule has 13 nitrogen and oxygen atoms in total. The van der Waals surface area contributed by atoms with Gasteiger partial charge in [0.15, 0.2) is 5.79 Å². The van der Waals surface area contributed by atoms with Crippen molar-refractivity contribution < 1.29 is 19.0 Å². The smallest absolute Gasteiger partial charge is 0.350 e. The number of anilines is 2. The molecule has 2 fully saturated rings. The van der Waals surface area contributed by atoms with Gasteiger partial charge in [-0.05, 0) is 85.6 Å². The van der Waals surface area contributed by atoms with Crippen LogP contribution < -0.4 is 26.0 Å². The molecule has 7 rings (SSSR count). The molecule has 3 aromatic carbocycles. The minimum Gasteiger partial charge on any atom is -0.491 e. The Kier molecular flexibility index (Phi) is 10.3. The first-order chi connectivity index (χ1) is 25.3. The molecule has 2 aromatic heterocycles. The summed E-state index contributed by atoms with van der Waals surface area (Å²) in [4.78, 5) is 29.3. The number of ether oxygens (including phenoxy) is 3. The number of primary amides is 1. The van der Waals surface area contributed by atoms with Crippen LogP contribution in [-0.2, 0) is 21.7 Å². The predicted molar refractivity (Wildman–Crippen MR) is 197 cm³/mol. The van der Waals surface area contributed by atoms with E-state index < -0.39 is 11.7 Å². The molecule has 5 aromatic rings. The van der Waals surface area contributed by atoms with E-state index in [9.17, 15) is 9.59 Å². The lowest BCUT2D eigenvalue weighted by Gasteiger charge is -2.41. The van der Waals surface area contributed by atoms with E-state index in [4.69, 9.17) is 19.9 Å². The van der Waals surface area contributed by atoms with Gasteiger partial charge in [0.05, 0.1) is 30.6 Å². The van der Waals surface area contributed by atoms with Gasteiger partial charge in [0.25, 0.3) is 0 Å². The van der Waals surface area contributed by atoms with Crippen molar-refractivity contribution in [2.24, 2.45) is 5.73 Å². The van der Waals surface area contributed by atoms with Gasteiger partial charge in [-0.25, -0.2) is 14.0 Å². The molecule has 0 bridgehead atoms. The molecule has 4 heterocycles. The van der Waals surface area contributed by atoms with Crippen LogP contribution in [0.15, 0.2) is 102 Å². The number of piperazine rings is 1. The first-order valence-electron chi connectivity index (χ1n) is 17.8. The lowest BCUT2D eigenvalue weighted by atomic mass is 9.95. The zero-order valence-corrected chi connectivity index (χ0v) is 29.5. The minimum absolute atomic E-state index is 0.0608. The first-order valence-corrected chi connectivity index (χ1v) is 17.8. The van der Waals surface area contributed by atoms with Gasteiger partial charge in [0.2, 0.25) is 5.91 Å². The highest BCUT2D eigenvalue weighted by Gasteiger charge is 2.41. The van der Waals surface area contributed by atoms with Gasteiger partial charge in [-0.1, -0.05) is 19.1 Å². The van der Waals surface area contributed by atoms with Crippen molar-refractivity contribution in [2.45, 2.75) is 51.0 Å². The Morgan fingerprint density at radius 3 is 2.19 bits per heavy atom. The Morgan fingerprint density at radius 2 is 1.58 bits per heavy atom. The molecule has 270 valence electrons. The van der Waals surface area contributed by atoms with Crippen molar-refractivity contribution in [3.05, 3.63) is 125 Å². The number of hydrogen-bond donors (Lipinski definition) is 1. The quantitative estimate of drug-likeness (QED) is 0.197. The maximum atomic E-state index is 12.8. The molecule has 1 unspecified atom stereocenters. The van der Waals surface area contributed by atoms with Crippen LogP contribution in [0.2, 0.25) is 0 Å². The number of hydrogen-bond acceptors (Lipinski definition) is 10. The third-order valence-corrected chi connectivity index (χ3v) is 9.94. The van der Waals surface area contributed by atoms with E-state index in [1.165, 1.54) is 4.68 Å². The molecule has 2 aliphatic rings. The Balaban J connectivity index is 0.940. The van der Waals surface area contributed by atoms with Gasteiger partial charge in [-0.3, -0.25) is 4.79 Å². The lowest BCUT2D eigenvalue weighted by Crippen LogP contribution is -2.46. The molecule has 0 radical (unpaired) electrons. The summed E-state index contributed by atoms with van der Waals surface area (Å²) in [5.41, 5.74) is 10.6. The highest BCUT2D eigenvalue weighted by Crippen LogP contribution is 2.37. The maximum absolute atomic E-state index is 12.8. The molecule has 3 atom stereocenters. The summed E-state index contributed by atoms with van der Waals surface area (Å²) < 4.78 is 22.4. The van der Waals surface area contributed by atoms with E-state index in [1.54, 1.807) is 35.4 Å². The summed E-state index contributed by atoms with van der Waals surface area (Å²) in [6, 6.07) is 25.3. The number of carbonyl (C=O) groups excluding carboxylic acids is 1. The average Bonchev–Trinajstić information content (AvgIpc) is 3.58. The van der Waals surface area contributed by atoms with Crippen LogP contribution >= 0.6 is 0 Å². The van der Waals surface area contributed by atoms with Gasteiger partial charge in [0.1, 0.15) is 18.7 Å². The van der Waals surface area contributed by atoms with Crippen molar-refractivity contribution in [3.8, 4) is 11.4 Å². The fourth-order valence-corrected chi connectivity index (χ4v) is 6.72. The van der Waals surface area contributed by atoms with E-state index in [0.29, 0.717) is 31.6 Å². The van der Waals surface area contributed by atoms with Gasteiger partial charge >= 0.3 is 5.69 Å². The van der Waals surface area contributed by atoms with Crippen molar-refractivity contribution in [3.63, 3.8) is 0 Å². The molecule has 0 saturated carbocycles. The lowest BCUT2D eigenvalue weighted by molar-refractivity contribution is -0.305. The third kappa shape index (κ3) is 7.55. The molecular formula is C39H44N8O5. The van der Waals surface area contributed by atoms with Crippen LogP contribution in [0, 0.1) is 0 Å². The molecular weight excluding hydrogens is 660 g/mol. The van der Waals surface area contributed by atoms with Crippen molar-refractivity contribution >= 4 is 17.3 Å². The topological polar surface area (TPSA) is 143 Å². The van der Waals surface area contributed by atoms with Crippen molar-refractivity contribution in [2.75, 3.05) is 49.2 Å². The molecule has 0 spiro atoms. The second-order valence-corrected chi connectivity index (χ2v) is 13.3. The van der Waals surface area contributed by atoms with Crippen LogP contribution in [0.25, 0.3) is 5.69 Å². The van der Waals surface area contributed by atoms with Crippen LogP contribution in [0.1, 0.15) is 54.2 Å². The molecule has 1 amide bonds. The summed E-state index contributed by atoms with van der Waals surface area (Å²) in [5.74, 6) is -0.814. The summed E-state index contributed by atoms with van der Waals surface area (Å²) in [6.07, 6.45) is 6.63. The van der Waals surface area contributed by atoms with Crippen LogP contribution in [0.4, 0.5) is 11.4 Å². The number of benzene rings is 3. The number of nitrogens with zero attached hydrogens (tertiary/aromatic N) is 7. The van der Waals surface area contributed by atoms with Gasteiger partial charge in [-0.2, -0.15) is 15.3 Å². The SMILES string of the molecule is CCC(C)n1ncn(-c2ccc(N3CCN(c4ccc(OC[C@H]5CCO[C@](Cc6ccnnc6)(c6ccc(C(N)=O)cc6)O5)cc4)CC3)cc2)c1=O. The highest BCUT2D eigenvalue weighted by atomic mass is 16.7. The molecule has 52 heavy (non-hydrogen) atoms. The zero-order valence-electron chi connectivity index (χ0n) is 29.5. The van der Waals surface area contributed by atoms with E-state index in [-0.39, 0.29) is 17.8 Å². The summed E-state index contributed by atoms with van der Waals surface area (Å²) >= 11 is 0. The molecule has 2 saturated heterocycles. The normalized spacial score (nSPS) is 19.7. The highest BCUT2D eigenvalue weighted by molar-refractivity contribution is 5.92. The number of amides is 1.